The second-order valence-electron chi connectivity index (χ2n) is 2.29. The fraction of sp³-hybridized carbons (Fsp3) is 0.143. The first-order chi connectivity index (χ1) is 6.04. The Morgan fingerprint density at radius 1 is 1.31 bits per heavy atom. The minimum Gasteiger partial charge on any atom is -0.166 e. The van der Waals surface area contributed by atoms with Gasteiger partial charge in [0.05, 0.1) is 5.56 Å². The topological polar surface area (TPSA) is 40.2 Å². The minimum absolute atomic E-state index is 0.0809. The molecule has 1 aromatic carbocycles. The predicted octanol–water partition coefficient (Wildman–Crippen LogP) is 2.89. The third-order valence-corrected chi connectivity index (χ3v) is 1.37. The van der Waals surface area contributed by atoms with Gasteiger partial charge in [-0.1, -0.05) is 6.07 Å². The van der Waals surface area contributed by atoms with Crippen molar-refractivity contribution in [3.63, 3.8) is 0 Å². The molecule has 0 aliphatic heterocycles. The van der Waals surface area contributed by atoms with Gasteiger partial charge in [-0.05, 0) is 23.6 Å². The molecule has 68 valence electrons. The Bertz CT molecular complexity index is 340. The van der Waals surface area contributed by atoms with Gasteiger partial charge >= 0.3 is 11.3 Å². The Labute approximate surface area is 71.8 Å². The molecule has 0 fully saturated rings. The van der Waals surface area contributed by atoms with Crippen LogP contribution >= 0.6 is 0 Å². The fourth-order valence-corrected chi connectivity index (χ4v) is 0.823. The lowest BCUT2D eigenvalue weighted by atomic mass is 10.2. The highest BCUT2D eigenvalue weighted by atomic mass is 19.4. The maximum atomic E-state index is 12.1. The molecule has 0 unspecified atom stereocenters. The van der Waals surface area contributed by atoms with Crippen LogP contribution in [-0.2, 0) is 6.18 Å². The van der Waals surface area contributed by atoms with E-state index in [1.165, 1.54) is 12.1 Å². The molecule has 3 nitrogen and oxygen atoms in total. The van der Waals surface area contributed by atoms with Crippen molar-refractivity contribution in [2.24, 2.45) is 0 Å². The molecule has 0 radical (unpaired) electrons. The molecule has 0 heterocycles. The van der Waals surface area contributed by atoms with E-state index in [2.05, 4.69) is 5.08 Å². The SMILES string of the molecule is N#[N+]Nc1cccc(C(F)(F)F)c1. The van der Waals surface area contributed by atoms with E-state index in [0.717, 1.165) is 12.1 Å². The smallest absolute Gasteiger partial charge is 0.166 e. The van der Waals surface area contributed by atoms with E-state index in [0.29, 0.717) is 0 Å². The van der Waals surface area contributed by atoms with Gasteiger partial charge in [0, 0.05) is 0 Å². The van der Waals surface area contributed by atoms with Gasteiger partial charge in [-0.2, -0.15) is 13.2 Å². The van der Waals surface area contributed by atoms with Crippen LogP contribution in [0.1, 0.15) is 5.56 Å². The van der Waals surface area contributed by atoms with E-state index in [1.807, 2.05) is 5.43 Å². The highest BCUT2D eigenvalue weighted by Gasteiger charge is 2.30. The Kier molecular flexibility index (Phi) is 2.37. The number of nitrogens with one attached hydrogen (secondary N) is 1. The van der Waals surface area contributed by atoms with Crippen molar-refractivity contribution in [3.8, 4) is 0 Å². The molecule has 0 saturated heterocycles. The molecule has 0 spiro atoms. The van der Waals surface area contributed by atoms with Crippen molar-refractivity contribution in [1.29, 1.82) is 5.39 Å². The summed E-state index contributed by atoms with van der Waals surface area (Å²) in [6.07, 6.45) is -4.38. The zero-order valence-corrected chi connectivity index (χ0v) is 6.34. The Morgan fingerprint density at radius 2 is 2.00 bits per heavy atom. The summed E-state index contributed by atoms with van der Waals surface area (Å²) < 4.78 is 36.3. The van der Waals surface area contributed by atoms with Gasteiger partial charge in [-0.15, -0.1) is 0 Å². The number of nitrogens with zero attached hydrogens (tertiary/aromatic N) is 2. The quantitative estimate of drug-likeness (QED) is 0.543. The van der Waals surface area contributed by atoms with Crippen LogP contribution in [-0.4, -0.2) is 0 Å². The number of alkyl halides is 3. The van der Waals surface area contributed by atoms with Gasteiger partial charge in [-0.3, -0.25) is 0 Å². The largest absolute Gasteiger partial charge is 0.416 e. The molecule has 0 amide bonds. The van der Waals surface area contributed by atoms with Crippen LogP contribution in [0.5, 0.6) is 0 Å². The second-order valence-corrected chi connectivity index (χ2v) is 2.29. The first kappa shape index (κ1) is 9.32. The fourth-order valence-electron chi connectivity index (χ4n) is 0.823. The van der Waals surface area contributed by atoms with E-state index in [-0.39, 0.29) is 5.69 Å². The van der Waals surface area contributed by atoms with E-state index in [1.54, 1.807) is 0 Å². The summed E-state index contributed by atoms with van der Waals surface area (Å²) in [7, 11) is 0. The zero-order valence-electron chi connectivity index (χ0n) is 6.34. The van der Waals surface area contributed by atoms with E-state index in [9.17, 15) is 13.2 Å². The van der Waals surface area contributed by atoms with Gasteiger partial charge in [0.15, 0.2) is 0 Å². The molecule has 1 aromatic rings. The Balaban J connectivity index is 3.00. The van der Waals surface area contributed by atoms with Crippen LogP contribution in [0.25, 0.3) is 5.08 Å². The molecule has 0 aromatic heterocycles. The summed E-state index contributed by atoms with van der Waals surface area (Å²) in [6, 6.07) is 4.35. The molecular formula is C7H5F3N3+. The van der Waals surface area contributed by atoms with Crippen LogP contribution in [0, 0.1) is 5.39 Å². The van der Waals surface area contributed by atoms with Gasteiger partial charge in [0.1, 0.15) is 5.69 Å². The lowest BCUT2D eigenvalue weighted by Crippen LogP contribution is -2.04. The number of rotatable bonds is 1. The number of benzene rings is 1. The van der Waals surface area contributed by atoms with Crippen LogP contribution < -0.4 is 5.43 Å². The highest BCUT2D eigenvalue weighted by Crippen LogP contribution is 2.30. The van der Waals surface area contributed by atoms with E-state index in [4.69, 9.17) is 5.39 Å². The van der Waals surface area contributed by atoms with Crippen molar-refractivity contribution < 1.29 is 13.2 Å². The van der Waals surface area contributed by atoms with E-state index >= 15 is 0 Å². The summed E-state index contributed by atoms with van der Waals surface area (Å²) >= 11 is 0. The summed E-state index contributed by atoms with van der Waals surface area (Å²) in [5.41, 5.74) is 1.29. The molecule has 13 heavy (non-hydrogen) atoms. The van der Waals surface area contributed by atoms with Crippen molar-refractivity contribution in [2.75, 3.05) is 5.43 Å². The number of hydrogen-bond donors (Lipinski definition) is 1. The van der Waals surface area contributed by atoms with Crippen LogP contribution in [0.3, 0.4) is 0 Å². The molecule has 6 heteroatoms. The van der Waals surface area contributed by atoms with Crippen molar-refractivity contribution in [3.05, 3.63) is 34.9 Å². The maximum Gasteiger partial charge on any atom is 0.416 e. The predicted molar refractivity (Wildman–Crippen MR) is 40.2 cm³/mol. The number of anilines is 1. The summed E-state index contributed by atoms with van der Waals surface area (Å²) in [6.45, 7) is 0. The number of diazo groups is 1. The first-order valence-corrected chi connectivity index (χ1v) is 3.31. The number of hydrogen-bond acceptors (Lipinski definition) is 2. The molecule has 0 saturated carbocycles. The minimum atomic E-state index is -4.38. The zero-order chi connectivity index (χ0) is 9.90. The summed E-state index contributed by atoms with van der Waals surface area (Å²) in [5.74, 6) is 0. The van der Waals surface area contributed by atoms with Crippen molar-refractivity contribution >= 4 is 5.69 Å². The third-order valence-electron chi connectivity index (χ3n) is 1.37. The van der Waals surface area contributed by atoms with Crippen molar-refractivity contribution in [2.45, 2.75) is 6.18 Å². The molecule has 0 aliphatic rings. The van der Waals surface area contributed by atoms with Gasteiger partial charge in [0.25, 0.3) is 5.39 Å². The second kappa shape index (κ2) is 3.31. The van der Waals surface area contributed by atoms with E-state index < -0.39 is 11.7 Å². The van der Waals surface area contributed by atoms with Crippen LogP contribution in [0.2, 0.25) is 0 Å². The molecular weight excluding hydrogens is 183 g/mol. The van der Waals surface area contributed by atoms with Crippen molar-refractivity contribution in [1.82, 2.24) is 0 Å². The highest BCUT2D eigenvalue weighted by molar-refractivity contribution is 5.47. The average Bonchev–Trinajstić information content (AvgIpc) is 2.04. The Hall–Kier alpha value is -1.77. The van der Waals surface area contributed by atoms with Crippen LogP contribution in [0.15, 0.2) is 24.3 Å². The summed E-state index contributed by atoms with van der Waals surface area (Å²) in [5, 5.41) is 10.6. The maximum absolute atomic E-state index is 12.1. The molecule has 0 bridgehead atoms. The standard InChI is InChI=1S/C7H5F3N3/c8-7(9,10)5-2-1-3-6(4-5)12-13-11/h1-4,12H/q+1. The molecule has 1 rings (SSSR count). The van der Waals surface area contributed by atoms with Crippen LogP contribution in [0.4, 0.5) is 18.9 Å². The number of halogens is 3. The molecule has 1 N–H and O–H groups in total. The first-order valence-electron chi connectivity index (χ1n) is 3.31. The lowest BCUT2D eigenvalue weighted by molar-refractivity contribution is -0.137. The molecule has 0 atom stereocenters. The monoisotopic (exact) mass is 188 g/mol. The van der Waals surface area contributed by atoms with Gasteiger partial charge in [0.2, 0.25) is 0 Å². The lowest BCUT2D eigenvalue weighted by Gasteiger charge is -2.05. The van der Waals surface area contributed by atoms with Gasteiger partial charge < -0.3 is 0 Å². The normalized spacial score (nSPS) is 10.6. The third kappa shape index (κ3) is 2.33. The van der Waals surface area contributed by atoms with Gasteiger partial charge in [-0.25, -0.2) is 0 Å². The average molecular weight is 188 g/mol. The summed E-state index contributed by atoms with van der Waals surface area (Å²) in [4.78, 5) is 0. The molecule has 0 aliphatic carbocycles. The Morgan fingerprint density at radius 3 is 2.54 bits per heavy atom.